The van der Waals surface area contributed by atoms with Crippen molar-refractivity contribution in [1.82, 2.24) is 16.2 Å². The summed E-state index contributed by atoms with van der Waals surface area (Å²) in [6.45, 7) is 5.89. The first-order valence-corrected chi connectivity index (χ1v) is 10.1. The van der Waals surface area contributed by atoms with E-state index in [2.05, 4.69) is 30.0 Å². The molecule has 0 heterocycles. The molecule has 0 aromatic heterocycles. The molecule has 31 heavy (non-hydrogen) atoms. The summed E-state index contributed by atoms with van der Waals surface area (Å²) in [6.07, 6.45) is 2.98. The number of hydrazine groups is 1. The Labute approximate surface area is 187 Å². The van der Waals surface area contributed by atoms with Crippen molar-refractivity contribution in [2.45, 2.75) is 26.7 Å². The number of methoxy groups -OCH3 is 1. The van der Waals surface area contributed by atoms with Crippen LogP contribution in [0.5, 0.6) is 11.5 Å². The highest BCUT2D eigenvalue weighted by Gasteiger charge is 2.10. The first-order valence-electron chi connectivity index (χ1n) is 9.73. The quantitative estimate of drug-likeness (QED) is 0.347. The lowest BCUT2D eigenvalue weighted by atomic mass is 10.0. The van der Waals surface area contributed by atoms with Crippen molar-refractivity contribution in [3.05, 3.63) is 65.2 Å². The Hall–Kier alpha value is -3.39. The largest absolute Gasteiger partial charge is 0.497 e. The molecule has 0 radical (unpaired) electrons. The Morgan fingerprint density at radius 3 is 2.45 bits per heavy atom. The Bertz CT molecular complexity index is 956. The molecule has 164 valence electrons. The number of hydrogen-bond donors (Lipinski definition) is 3. The maximum atomic E-state index is 12.0. The summed E-state index contributed by atoms with van der Waals surface area (Å²) < 4.78 is 10.7. The van der Waals surface area contributed by atoms with E-state index in [0.717, 1.165) is 22.4 Å². The van der Waals surface area contributed by atoms with Gasteiger partial charge in [0, 0.05) is 6.08 Å². The molecule has 0 aliphatic heterocycles. The first kappa shape index (κ1) is 23.9. The number of carbonyl (C=O) groups is 2. The molecule has 0 atom stereocenters. The van der Waals surface area contributed by atoms with E-state index in [1.165, 1.54) is 6.08 Å². The Morgan fingerprint density at radius 1 is 1.10 bits per heavy atom. The van der Waals surface area contributed by atoms with Crippen LogP contribution in [0, 0.1) is 6.92 Å². The fourth-order valence-corrected chi connectivity index (χ4v) is 2.77. The molecule has 3 N–H and O–H groups in total. The molecule has 0 spiro atoms. The molecule has 7 nitrogen and oxygen atoms in total. The van der Waals surface area contributed by atoms with Crippen LogP contribution in [0.4, 0.5) is 0 Å². The van der Waals surface area contributed by atoms with Crippen LogP contribution in [0.25, 0.3) is 6.08 Å². The molecule has 0 aliphatic rings. The first-order chi connectivity index (χ1) is 14.8. The van der Waals surface area contributed by atoms with Crippen molar-refractivity contribution in [3.8, 4) is 11.5 Å². The van der Waals surface area contributed by atoms with Gasteiger partial charge in [-0.1, -0.05) is 38.1 Å². The minimum Gasteiger partial charge on any atom is -0.497 e. The molecular formula is C23H27N3O4S. The average Bonchev–Trinajstić information content (AvgIpc) is 2.75. The third-order valence-electron chi connectivity index (χ3n) is 4.24. The fourth-order valence-electron chi connectivity index (χ4n) is 2.62. The summed E-state index contributed by atoms with van der Waals surface area (Å²) in [5, 5.41) is 2.42. The molecule has 0 saturated heterocycles. The normalized spacial score (nSPS) is 10.6. The SMILES string of the molecule is COc1ccc(C=CC(=O)NC(=S)NNC(=O)COc2cc(C)ccc2C(C)C)cc1. The molecular weight excluding hydrogens is 414 g/mol. The van der Waals surface area contributed by atoms with Gasteiger partial charge in [-0.2, -0.15) is 0 Å². The van der Waals surface area contributed by atoms with Crippen LogP contribution in [0.2, 0.25) is 0 Å². The third kappa shape index (κ3) is 8.10. The van der Waals surface area contributed by atoms with Gasteiger partial charge in [0.05, 0.1) is 7.11 Å². The minimum atomic E-state index is -0.430. The Morgan fingerprint density at radius 2 is 1.81 bits per heavy atom. The lowest BCUT2D eigenvalue weighted by Crippen LogP contribution is -2.49. The maximum Gasteiger partial charge on any atom is 0.276 e. The van der Waals surface area contributed by atoms with Gasteiger partial charge in [0.2, 0.25) is 5.91 Å². The highest BCUT2D eigenvalue weighted by molar-refractivity contribution is 7.80. The van der Waals surface area contributed by atoms with Crippen molar-refractivity contribution < 1.29 is 19.1 Å². The second-order valence-corrected chi connectivity index (χ2v) is 7.49. The highest BCUT2D eigenvalue weighted by atomic mass is 32.1. The van der Waals surface area contributed by atoms with Crippen LogP contribution >= 0.6 is 12.2 Å². The molecule has 0 saturated carbocycles. The van der Waals surface area contributed by atoms with E-state index in [9.17, 15) is 9.59 Å². The standard InChI is InChI=1S/C23H27N3O4S/c1-15(2)19-11-5-16(3)13-20(19)30-14-22(28)25-26-23(31)24-21(27)12-8-17-6-9-18(29-4)10-7-17/h5-13,15H,14H2,1-4H3,(H,25,28)(H2,24,26,27,31). The van der Waals surface area contributed by atoms with Crippen LogP contribution in [0.1, 0.15) is 36.5 Å². The van der Waals surface area contributed by atoms with Crippen molar-refractivity contribution in [2.75, 3.05) is 13.7 Å². The topological polar surface area (TPSA) is 88.7 Å². The number of benzene rings is 2. The smallest absolute Gasteiger partial charge is 0.276 e. The van der Waals surface area contributed by atoms with Gasteiger partial charge >= 0.3 is 0 Å². The second kappa shape index (κ2) is 11.7. The van der Waals surface area contributed by atoms with Gasteiger partial charge in [-0.15, -0.1) is 0 Å². The van der Waals surface area contributed by atoms with Crippen molar-refractivity contribution in [3.63, 3.8) is 0 Å². The summed E-state index contributed by atoms with van der Waals surface area (Å²) in [5.41, 5.74) is 7.78. The van der Waals surface area contributed by atoms with E-state index in [1.54, 1.807) is 25.3 Å². The van der Waals surface area contributed by atoms with E-state index in [1.807, 2.05) is 37.3 Å². The summed E-state index contributed by atoms with van der Waals surface area (Å²) in [4.78, 5) is 24.0. The highest BCUT2D eigenvalue weighted by Crippen LogP contribution is 2.27. The monoisotopic (exact) mass is 441 g/mol. The molecule has 0 bridgehead atoms. The minimum absolute atomic E-state index is 0.0313. The number of carbonyl (C=O) groups excluding carboxylic acids is 2. The Balaban J connectivity index is 1.76. The molecule has 0 fully saturated rings. The van der Waals surface area contributed by atoms with Gasteiger partial charge in [0.1, 0.15) is 11.5 Å². The zero-order valence-electron chi connectivity index (χ0n) is 18.0. The predicted octanol–water partition coefficient (Wildman–Crippen LogP) is 3.24. The van der Waals surface area contributed by atoms with Crippen LogP contribution in [-0.4, -0.2) is 30.6 Å². The van der Waals surface area contributed by atoms with E-state index in [-0.39, 0.29) is 17.6 Å². The molecule has 2 aromatic rings. The third-order valence-corrected chi connectivity index (χ3v) is 4.45. The average molecular weight is 442 g/mol. The van der Waals surface area contributed by atoms with Gasteiger partial charge in [-0.3, -0.25) is 25.8 Å². The van der Waals surface area contributed by atoms with Gasteiger partial charge in [0.25, 0.3) is 5.91 Å². The van der Waals surface area contributed by atoms with Gasteiger partial charge in [0.15, 0.2) is 11.7 Å². The predicted molar refractivity (Wildman–Crippen MR) is 125 cm³/mol. The summed E-state index contributed by atoms with van der Waals surface area (Å²) in [6, 6.07) is 13.1. The number of nitrogens with one attached hydrogen (secondary N) is 3. The molecule has 8 heteroatoms. The number of ether oxygens (including phenoxy) is 2. The maximum absolute atomic E-state index is 12.0. The zero-order chi connectivity index (χ0) is 22.8. The summed E-state index contributed by atoms with van der Waals surface area (Å²) >= 11 is 5.01. The van der Waals surface area contributed by atoms with Crippen molar-refractivity contribution in [2.24, 2.45) is 0 Å². The van der Waals surface area contributed by atoms with E-state index >= 15 is 0 Å². The number of hydrogen-bond acceptors (Lipinski definition) is 5. The van der Waals surface area contributed by atoms with E-state index in [4.69, 9.17) is 21.7 Å². The van der Waals surface area contributed by atoms with Crippen molar-refractivity contribution in [1.29, 1.82) is 0 Å². The number of thiocarbonyl (C=S) groups is 1. The molecule has 2 aromatic carbocycles. The van der Waals surface area contributed by atoms with E-state index < -0.39 is 11.8 Å². The number of aryl methyl sites for hydroxylation is 1. The van der Waals surface area contributed by atoms with Crippen LogP contribution in [0.3, 0.4) is 0 Å². The second-order valence-electron chi connectivity index (χ2n) is 7.08. The lowest BCUT2D eigenvalue weighted by molar-refractivity contribution is -0.123. The molecule has 2 rings (SSSR count). The summed E-state index contributed by atoms with van der Waals surface area (Å²) in [5.74, 6) is 0.812. The lowest BCUT2D eigenvalue weighted by Gasteiger charge is -2.15. The van der Waals surface area contributed by atoms with Crippen molar-refractivity contribution >= 4 is 35.2 Å². The number of amides is 2. The fraction of sp³-hybridized carbons (Fsp3) is 0.261. The van der Waals surface area contributed by atoms with Crippen LogP contribution in [-0.2, 0) is 9.59 Å². The van der Waals surface area contributed by atoms with Gasteiger partial charge < -0.3 is 9.47 Å². The van der Waals surface area contributed by atoms with Gasteiger partial charge in [-0.25, -0.2) is 0 Å². The molecule has 0 aliphatic carbocycles. The van der Waals surface area contributed by atoms with Crippen LogP contribution in [0.15, 0.2) is 48.5 Å². The summed E-state index contributed by atoms with van der Waals surface area (Å²) in [7, 11) is 1.59. The van der Waals surface area contributed by atoms with Gasteiger partial charge in [-0.05, 0) is 66.0 Å². The Kier molecular flexibility index (Phi) is 9.02. The number of rotatable bonds is 7. The zero-order valence-corrected chi connectivity index (χ0v) is 18.8. The van der Waals surface area contributed by atoms with E-state index in [0.29, 0.717) is 5.75 Å². The molecule has 0 unspecified atom stereocenters. The molecule has 2 amide bonds. The van der Waals surface area contributed by atoms with Crippen LogP contribution < -0.4 is 25.6 Å².